The lowest BCUT2D eigenvalue weighted by atomic mass is 10.1. The van der Waals surface area contributed by atoms with Crippen LogP contribution in [0.3, 0.4) is 0 Å². The summed E-state index contributed by atoms with van der Waals surface area (Å²) in [7, 11) is 0. The zero-order chi connectivity index (χ0) is 21.1. The van der Waals surface area contributed by atoms with Gasteiger partial charge in [0.15, 0.2) is 5.82 Å². The van der Waals surface area contributed by atoms with E-state index in [1.54, 1.807) is 16.8 Å². The van der Waals surface area contributed by atoms with Gasteiger partial charge in [0.2, 0.25) is 0 Å². The summed E-state index contributed by atoms with van der Waals surface area (Å²) in [5, 5.41) is 19.4. The van der Waals surface area contributed by atoms with Gasteiger partial charge >= 0.3 is 0 Å². The maximum atomic E-state index is 13.0. The highest BCUT2D eigenvalue weighted by atomic mass is 16.1. The van der Waals surface area contributed by atoms with E-state index in [0.717, 1.165) is 28.2 Å². The van der Waals surface area contributed by atoms with Crippen LogP contribution in [0.2, 0.25) is 0 Å². The van der Waals surface area contributed by atoms with Crippen LogP contribution in [0.4, 0.5) is 5.69 Å². The third-order valence-corrected chi connectivity index (χ3v) is 5.01. The van der Waals surface area contributed by atoms with Crippen molar-refractivity contribution >= 4 is 11.6 Å². The van der Waals surface area contributed by atoms with E-state index in [1.165, 1.54) is 0 Å². The number of tetrazole rings is 1. The molecule has 0 atom stereocenters. The Morgan fingerprint density at radius 2 is 1.83 bits per heavy atom. The van der Waals surface area contributed by atoms with Crippen LogP contribution in [0, 0.1) is 13.8 Å². The van der Waals surface area contributed by atoms with Gasteiger partial charge in [0, 0.05) is 17.7 Å². The van der Waals surface area contributed by atoms with Gasteiger partial charge in [0.25, 0.3) is 5.91 Å². The molecule has 0 aliphatic carbocycles. The number of nitrogens with one attached hydrogen (secondary N) is 1. The Kier molecular flexibility index (Phi) is 5.38. The first kappa shape index (κ1) is 19.5. The van der Waals surface area contributed by atoms with Crippen molar-refractivity contribution in [3.8, 4) is 11.4 Å². The minimum absolute atomic E-state index is 0.196. The number of anilines is 1. The van der Waals surface area contributed by atoms with Crippen molar-refractivity contribution < 1.29 is 4.79 Å². The van der Waals surface area contributed by atoms with E-state index in [-0.39, 0.29) is 5.91 Å². The highest BCUT2D eigenvalue weighted by molar-refractivity contribution is 6.05. The van der Waals surface area contributed by atoms with Gasteiger partial charge in [-0.1, -0.05) is 42.5 Å². The standard InChI is InChI=1S/C22H23N7O/c1-4-28-21(24-26-27-28)18-11-8-12-19(13-18)22(30)23-20-15(2)25-29(16(20)3)14-17-9-6-5-7-10-17/h5-13H,4,14H2,1-3H3,(H,23,30). The molecule has 0 aliphatic rings. The molecular weight excluding hydrogens is 378 g/mol. The number of hydrogen-bond donors (Lipinski definition) is 1. The largest absolute Gasteiger partial charge is 0.319 e. The predicted octanol–water partition coefficient (Wildman–Crippen LogP) is 3.47. The van der Waals surface area contributed by atoms with E-state index in [1.807, 2.05) is 55.8 Å². The molecule has 8 nitrogen and oxygen atoms in total. The molecule has 2 aromatic carbocycles. The summed E-state index contributed by atoms with van der Waals surface area (Å²) in [6.45, 7) is 7.13. The molecule has 8 heteroatoms. The molecule has 1 amide bonds. The molecule has 2 heterocycles. The Labute approximate surface area is 174 Å². The van der Waals surface area contributed by atoms with E-state index in [9.17, 15) is 4.79 Å². The highest BCUT2D eigenvalue weighted by Crippen LogP contribution is 2.23. The predicted molar refractivity (Wildman–Crippen MR) is 114 cm³/mol. The molecule has 0 radical (unpaired) electrons. The summed E-state index contributed by atoms with van der Waals surface area (Å²) in [6, 6.07) is 17.4. The lowest BCUT2D eigenvalue weighted by molar-refractivity contribution is 0.102. The van der Waals surface area contributed by atoms with Crippen LogP contribution in [-0.2, 0) is 13.1 Å². The fraction of sp³-hybridized carbons (Fsp3) is 0.227. The van der Waals surface area contributed by atoms with Crippen molar-refractivity contribution in [1.29, 1.82) is 0 Å². The van der Waals surface area contributed by atoms with Crippen molar-refractivity contribution in [3.05, 3.63) is 77.1 Å². The Hall–Kier alpha value is -3.81. The molecule has 4 aromatic rings. The molecule has 30 heavy (non-hydrogen) atoms. The molecule has 0 saturated carbocycles. The van der Waals surface area contributed by atoms with Gasteiger partial charge in [0.1, 0.15) is 0 Å². The van der Waals surface area contributed by atoms with Crippen LogP contribution in [0.15, 0.2) is 54.6 Å². The number of nitrogens with zero attached hydrogens (tertiary/aromatic N) is 6. The number of aromatic nitrogens is 6. The topological polar surface area (TPSA) is 90.5 Å². The Balaban J connectivity index is 1.57. The van der Waals surface area contributed by atoms with Crippen LogP contribution < -0.4 is 5.32 Å². The van der Waals surface area contributed by atoms with Gasteiger partial charge < -0.3 is 5.32 Å². The molecule has 152 valence electrons. The number of benzene rings is 2. The minimum atomic E-state index is -0.196. The SMILES string of the molecule is CCn1nnnc1-c1cccc(C(=O)Nc2c(C)nn(Cc3ccccc3)c2C)c1. The molecule has 0 saturated heterocycles. The average molecular weight is 401 g/mol. The summed E-state index contributed by atoms with van der Waals surface area (Å²) in [5.41, 5.74) is 4.91. The van der Waals surface area contributed by atoms with Gasteiger partial charge in [-0.3, -0.25) is 9.48 Å². The Bertz CT molecular complexity index is 1180. The third kappa shape index (κ3) is 3.84. The van der Waals surface area contributed by atoms with Gasteiger partial charge in [-0.2, -0.15) is 5.10 Å². The monoisotopic (exact) mass is 401 g/mol. The quantitative estimate of drug-likeness (QED) is 0.534. The maximum absolute atomic E-state index is 13.0. The van der Waals surface area contributed by atoms with Crippen LogP contribution in [0.25, 0.3) is 11.4 Å². The first-order chi connectivity index (χ1) is 14.6. The molecule has 0 fully saturated rings. The average Bonchev–Trinajstić information content (AvgIpc) is 3.35. The summed E-state index contributed by atoms with van der Waals surface area (Å²) in [6.07, 6.45) is 0. The fourth-order valence-electron chi connectivity index (χ4n) is 3.40. The first-order valence-corrected chi connectivity index (χ1v) is 9.82. The van der Waals surface area contributed by atoms with Gasteiger partial charge in [-0.25, -0.2) is 4.68 Å². The number of hydrogen-bond acceptors (Lipinski definition) is 5. The number of carbonyl (C=O) groups excluding carboxylic acids is 1. The molecule has 0 unspecified atom stereocenters. The van der Waals surface area contributed by atoms with E-state index in [4.69, 9.17) is 0 Å². The normalized spacial score (nSPS) is 10.9. The van der Waals surface area contributed by atoms with Crippen LogP contribution in [-0.4, -0.2) is 35.9 Å². The fourth-order valence-corrected chi connectivity index (χ4v) is 3.40. The highest BCUT2D eigenvalue weighted by Gasteiger charge is 2.17. The van der Waals surface area contributed by atoms with Crippen molar-refractivity contribution in [1.82, 2.24) is 30.0 Å². The number of aryl methyl sites for hydroxylation is 2. The summed E-state index contributed by atoms with van der Waals surface area (Å²) in [5.74, 6) is 0.438. The summed E-state index contributed by atoms with van der Waals surface area (Å²) >= 11 is 0. The number of rotatable bonds is 6. The second-order valence-corrected chi connectivity index (χ2v) is 7.04. The van der Waals surface area contributed by atoms with E-state index in [2.05, 4.69) is 38.1 Å². The first-order valence-electron chi connectivity index (χ1n) is 9.82. The summed E-state index contributed by atoms with van der Waals surface area (Å²) < 4.78 is 3.60. The smallest absolute Gasteiger partial charge is 0.255 e. The molecule has 0 bridgehead atoms. The molecular formula is C22H23N7O. The van der Waals surface area contributed by atoms with Crippen molar-refractivity contribution in [2.45, 2.75) is 33.9 Å². The zero-order valence-corrected chi connectivity index (χ0v) is 17.2. The summed E-state index contributed by atoms with van der Waals surface area (Å²) in [4.78, 5) is 13.0. The molecule has 0 aliphatic heterocycles. The van der Waals surface area contributed by atoms with Gasteiger partial charge in [0.05, 0.1) is 23.6 Å². The van der Waals surface area contributed by atoms with Crippen molar-refractivity contribution in [3.63, 3.8) is 0 Å². The molecule has 2 aromatic heterocycles. The molecule has 4 rings (SSSR count). The Morgan fingerprint density at radius 1 is 1.03 bits per heavy atom. The van der Waals surface area contributed by atoms with E-state index >= 15 is 0 Å². The second-order valence-electron chi connectivity index (χ2n) is 7.04. The lowest BCUT2D eigenvalue weighted by Crippen LogP contribution is -2.13. The zero-order valence-electron chi connectivity index (χ0n) is 17.2. The van der Waals surface area contributed by atoms with Crippen LogP contribution in [0.5, 0.6) is 0 Å². The second kappa shape index (κ2) is 8.28. The third-order valence-electron chi connectivity index (χ3n) is 5.01. The number of amides is 1. The Morgan fingerprint density at radius 3 is 2.60 bits per heavy atom. The number of carbonyl (C=O) groups is 1. The van der Waals surface area contributed by atoms with E-state index < -0.39 is 0 Å². The lowest BCUT2D eigenvalue weighted by Gasteiger charge is -2.08. The van der Waals surface area contributed by atoms with Crippen LogP contribution >= 0.6 is 0 Å². The molecule has 0 spiro atoms. The molecule has 1 N–H and O–H groups in total. The van der Waals surface area contributed by atoms with Gasteiger partial charge in [-0.05, 0) is 48.9 Å². The maximum Gasteiger partial charge on any atom is 0.255 e. The van der Waals surface area contributed by atoms with Crippen molar-refractivity contribution in [2.24, 2.45) is 0 Å². The van der Waals surface area contributed by atoms with E-state index in [0.29, 0.717) is 24.5 Å². The van der Waals surface area contributed by atoms with Crippen molar-refractivity contribution in [2.75, 3.05) is 5.32 Å². The van der Waals surface area contributed by atoms with Crippen LogP contribution in [0.1, 0.15) is 34.2 Å². The minimum Gasteiger partial charge on any atom is -0.319 e. The van der Waals surface area contributed by atoms with Gasteiger partial charge in [-0.15, -0.1) is 5.10 Å².